The van der Waals surface area contributed by atoms with Crippen molar-refractivity contribution in [3.63, 3.8) is 0 Å². The molecule has 5 heteroatoms. The average molecular weight is 257 g/mol. The van der Waals surface area contributed by atoms with Gasteiger partial charge in [0.15, 0.2) is 0 Å². The highest BCUT2D eigenvalue weighted by atomic mass is 35.5. The van der Waals surface area contributed by atoms with E-state index in [9.17, 15) is 4.79 Å². The third-order valence-electron chi connectivity index (χ3n) is 2.29. The Hall–Kier alpha value is -1.26. The minimum Gasteiger partial charge on any atom is -0.496 e. The molecule has 0 unspecified atom stereocenters. The van der Waals surface area contributed by atoms with Crippen molar-refractivity contribution in [3.8, 4) is 5.75 Å². The van der Waals surface area contributed by atoms with Gasteiger partial charge in [-0.15, -0.1) is 0 Å². The summed E-state index contributed by atoms with van der Waals surface area (Å²) in [6.07, 6.45) is 0.271. The Morgan fingerprint density at radius 3 is 2.82 bits per heavy atom. The Morgan fingerprint density at radius 1 is 1.41 bits per heavy atom. The van der Waals surface area contributed by atoms with Crippen molar-refractivity contribution in [3.05, 3.63) is 28.8 Å². The van der Waals surface area contributed by atoms with Gasteiger partial charge >= 0.3 is 0 Å². The maximum absolute atomic E-state index is 11.6. The molecule has 0 radical (unpaired) electrons. The van der Waals surface area contributed by atoms with E-state index in [0.29, 0.717) is 17.3 Å². The minimum absolute atomic E-state index is 0.0409. The molecule has 0 saturated carbocycles. The number of benzene rings is 1. The fourth-order valence-corrected chi connectivity index (χ4v) is 1.64. The molecule has 0 fully saturated rings. The van der Waals surface area contributed by atoms with Gasteiger partial charge < -0.3 is 15.4 Å². The number of carbonyl (C=O) groups is 1. The topological polar surface area (TPSA) is 50.4 Å². The molecular formula is C12H17ClN2O2. The summed E-state index contributed by atoms with van der Waals surface area (Å²) >= 11 is 5.89. The Labute approximate surface area is 106 Å². The molecule has 17 heavy (non-hydrogen) atoms. The molecule has 94 valence electrons. The third kappa shape index (κ3) is 4.63. The van der Waals surface area contributed by atoms with Crippen molar-refractivity contribution >= 4 is 17.5 Å². The van der Waals surface area contributed by atoms with Crippen molar-refractivity contribution < 1.29 is 9.53 Å². The molecule has 0 spiro atoms. The van der Waals surface area contributed by atoms with Crippen LogP contribution in [0, 0.1) is 0 Å². The minimum atomic E-state index is -0.0409. The molecule has 0 aromatic heterocycles. The molecule has 0 heterocycles. The molecule has 0 aliphatic carbocycles. The number of nitrogens with one attached hydrogen (secondary N) is 2. The van der Waals surface area contributed by atoms with Crippen molar-refractivity contribution in [2.24, 2.45) is 0 Å². The van der Waals surface area contributed by atoms with Crippen LogP contribution in [0.25, 0.3) is 0 Å². The first-order chi connectivity index (χ1) is 8.17. The van der Waals surface area contributed by atoms with Gasteiger partial charge in [-0.2, -0.15) is 0 Å². The predicted octanol–water partition coefficient (Wildman–Crippen LogP) is 1.23. The smallest absolute Gasteiger partial charge is 0.224 e. The number of carbonyl (C=O) groups excluding carboxylic acids is 1. The Balaban J connectivity index is 2.60. The van der Waals surface area contributed by atoms with E-state index in [1.165, 1.54) is 0 Å². The van der Waals surface area contributed by atoms with E-state index in [1.54, 1.807) is 25.3 Å². The normalized spacial score (nSPS) is 10.1. The van der Waals surface area contributed by atoms with E-state index >= 15 is 0 Å². The molecule has 1 aromatic carbocycles. The largest absolute Gasteiger partial charge is 0.496 e. The second-order valence-electron chi connectivity index (χ2n) is 3.59. The zero-order valence-electron chi connectivity index (χ0n) is 10.0. The third-order valence-corrected chi connectivity index (χ3v) is 2.53. The van der Waals surface area contributed by atoms with Crippen LogP contribution < -0.4 is 15.4 Å². The van der Waals surface area contributed by atoms with Crippen molar-refractivity contribution in [1.82, 2.24) is 10.6 Å². The molecule has 1 rings (SSSR count). The fraction of sp³-hybridized carbons (Fsp3) is 0.417. The van der Waals surface area contributed by atoms with E-state index in [4.69, 9.17) is 16.3 Å². The van der Waals surface area contributed by atoms with E-state index in [2.05, 4.69) is 10.6 Å². The molecule has 1 amide bonds. The van der Waals surface area contributed by atoms with Gasteiger partial charge in [0.1, 0.15) is 5.75 Å². The highest BCUT2D eigenvalue weighted by Crippen LogP contribution is 2.22. The van der Waals surface area contributed by atoms with Crippen LogP contribution in [0.4, 0.5) is 0 Å². The van der Waals surface area contributed by atoms with Gasteiger partial charge in [-0.05, 0) is 25.2 Å². The first kappa shape index (κ1) is 13.8. The fourth-order valence-electron chi connectivity index (χ4n) is 1.45. The van der Waals surface area contributed by atoms with Gasteiger partial charge in [0, 0.05) is 23.7 Å². The number of amides is 1. The van der Waals surface area contributed by atoms with E-state index in [-0.39, 0.29) is 12.3 Å². The number of rotatable bonds is 6. The number of likely N-dealkylation sites (N-methyl/N-ethyl adjacent to an activating group) is 1. The van der Waals surface area contributed by atoms with E-state index in [0.717, 1.165) is 12.1 Å². The summed E-state index contributed by atoms with van der Waals surface area (Å²) < 4.78 is 5.18. The van der Waals surface area contributed by atoms with E-state index < -0.39 is 0 Å². The lowest BCUT2D eigenvalue weighted by atomic mass is 10.1. The maximum atomic E-state index is 11.6. The summed E-state index contributed by atoms with van der Waals surface area (Å²) in [4.78, 5) is 11.6. The van der Waals surface area contributed by atoms with Gasteiger partial charge in [0.25, 0.3) is 0 Å². The van der Waals surface area contributed by atoms with Gasteiger partial charge in [-0.3, -0.25) is 4.79 Å². The van der Waals surface area contributed by atoms with E-state index in [1.807, 2.05) is 7.05 Å². The summed E-state index contributed by atoms with van der Waals surface area (Å²) in [5.74, 6) is 0.638. The van der Waals surface area contributed by atoms with Crippen molar-refractivity contribution in [2.45, 2.75) is 6.42 Å². The number of ether oxygens (including phenoxy) is 1. The number of halogens is 1. The highest BCUT2D eigenvalue weighted by molar-refractivity contribution is 6.30. The van der Waals surface area contributed by atoms with Gasteiger partial charge in [-0.25, -0.2) is 0 Å². The summed E-state index contributed by atoms with van der Waals surface area (Å²) in [5.41, 5.74) is 0.793. The van der Waals surface area contributed by atoms with Gasteiger partial charge in [0.2, 0.25) is 5.91 Å². The zero-order chi connectivity index (χ0) is 12.7. The first-order valence-electron chi connectivity index (χ1n) is 5.41. The predicted molar refractivity (Wildman–Crippen MR) is 68.6 cm³/mol. The molecule has 4 nitrogen and oxygen atoms in total. The molecule has 0 aliphatic rings. The van der Waals surface area contributed by atoms with Crippen LogP contribution in [0.2, 0.25) is 5.02 Å². The molecule has 0 aliphatic heterocycles. The molecule has 0 atom stereocenters. The lowest BCUT2D eigenvalue weighted by Crippen LogP contribution is -2.31. The molecule has 0 bridgehead atoms. The molecular weight excluding hydrogens is 240 g/mol. The second-order valence-corrected chi connectivity index (χ2v) is 4.02. The average Bonchev–Trinajstić information content (AvgIpc) is 2.29. The molecule has 1 aromatic rings. The number of methoxy groups -OCH3 is 1. The van der Waals surface area contributed by atoms with Gasteiger partial charge in [-0.1, -0.05) is 11.6 Å². The van der Waals surface area contributed by atoms with Crippen LogP contribution >= 0.6 is 11.6 Å². The summed E-state index contributed by atoms with van der Waals surface area (Å²) in [7, 11) is 3.41. The summed E-state index contributed by atoms with van der Waals surface area (Å²) in [6.45, 7) is 1.36. The second kappa shape index (κ2) is 7.14. The Morgan fingerprint density at radius 2 is 2.18 bits per heavy atom. The van der Waals surface area contributed by atoms with Gasteiger partial charge in [0.05, 0.1) is 13.5 Å². The van der Waals surface area contributed by atoms with Crippen LogP contribution in [0.15, 0.2) is 18.2 Å². The highest BCUT2D eigenvalue weighted by Gasteiger charge is 2.08. The van der Waals surface area contributed by atoms with Crippen LogP contribution in [0.5, 0.6) is 5.75 Å². The summed E-state index contributed by atoms with van der Waals surface area (Å²) in [5, 5.41) is 6.36. The Kier molecular flexibility index (Phi) is 5.80. The number of hydrogen-bond donors (Lipinski definition) is 2. The number of hydrogen-bond acceptors (Lipinski definition) is 3. The van der Waals surface area contributed by atoms with Crippen LogP contribution in [0.3, 0.4) is 0 Å². The monoisotopic (exact) mass is 256 g/mol. The molecule has 0 saturated heterocycles. The lowest BCUT2D eigenvalue weighted by molar-refractivity contribution is -0.120. The van der Waals surface area contributed by atoms with Crippen LogP contribution in [-0.2, 0) is 11.2 Å². The van der Waals surface area contributed by atoms with Crippen molar-refractivity contribution in [1.29, 1.82) is 0 Å². The summed E-state index contributed by atoms with van der Waals surface area (Å²) in [6, 6.07) is 5.25. The Bertz CT molecular complexity index is 383. The van der Waals surface area contributed by atoms with Crippen molar-refractivity contribution in [2.75, 3.05) is 27.2 Å². The zero-order valence-corrected chi connectivity index (χ0v) is 10.8. The van der Waals surface area contributed by atoms with Crippen LogP contribution in [0.1, 0.15) is 5.56 Å². The van der Waals surface area contributed by atoms with Crippen LogP contribution in [-0.4, -0.2) is 33.2 Å². The lowest BCUT2D eigenvalue weighted by Gasteiger charge is -2.09. The quantitative estimate of drug-likeness (QED) is 0.753. The SMILES string of the molecule is CNCCNC(=O)Cc1cc(Cl)ccc1OC. The first-order valence-corrected chi connectivity index (χ1v) is 5.79. The maximum Gasteiger partial charge on any atom is 0.224 e. The molecule has 2 N–H and O–H groups in total. The standard InChI is InChI=1S/C12H17ClN2O2/c1-14-5-6-15-12(16)8-9-7-10(13)3-4-11(9)17-2/h3-4,7,14H,5-6,8H2,1-2H3,(H,15,16).